The van der Waals surface area contributed by atoms with Crippen LogP contribution in [-0.2, 0) is 14.8 Å². The number of aromatic amines is 1. The number of hydrogen-bond acceptors (Lipinski definition) is 7. The van der Waals surface area contributed by atoms with Crippen molar-refractivity contribution < 1.29 is 13.2 Å². The molecule has 4 aromatic rings. The van der Waals surface area contributed by atoms with Gasteiger partial charge in [0, 0.05) is 54.9 Å². The SMILES string of the molecule is CN(c1ncccc1-c1cc2ccnc(Nc3ccc(N4CCOCC4)cc3)c2[nH]1)S(C)(=O)=O. The second-order valence-electron chi connectivity index (χ2n) is 8.18. The lowest BCUT2D eigenvalue weighted by Crippen LogP contribution is -2.36. The second-order valence-corrected chi connectivity index (χ2v) is 10.2. The molecule has 10 heteroatoms. The molecular weight excluding hydrogens is 452 g/mol. The Labute approximate surface area is 198 Å². The molecule has 1 aliphatic heterocycles. The smallest absolute Gasteiger partial charge is 0.233 e. The summed E-state index contributed by atoms with van der Waals surface area (Å²) in [4.78, 5) is 14.5. The predicted molar refractivity (Wildman–Crippen MR) is 135 cm³/mol. The zero-order chi connectivity index (χ0) is 23.7. The van der Waals surface area contributed by atoms with Gasteiger partial charge in [-0.2, -0.15) is 0 Å². The zero-order valence-electron chi connectivity index (χ0n) is 19.0. The Morgan fingerprint density at radius 1 is 1.06 bits per heavy atom. The molecule has 2 N–H and O–H groups in total. The van der Waals surface area contributed by atoms with Crippen molar-refractivity contribution in [1.82, 2.24) is 15.0 Å². The average Bonchev–Trinajstić information content (AvgIpc) is 3.29. The van der Waals surface area contributed by atoms with E-state index < -0.39 is 10.0 Å². The fraction of sp³-hybridized carbons (Fsp3) is 0.250. The van der Waals surface area contributed by atoms with Crippen LogP contribution in [0.25, 0.3) is 22.2 Å². The molecule has 176 valence electrons. The highest BCUT2D eigenvalue weighted by molar-refractivity contribution is 7.92. The molecule has 1 fully saturated rings. The zero-order valence-corrected chi connectivity index (χ0v) is 19.8. The molecule has 9 nitrogen and oxygen atoms in total. The number of nitrogens with zero attached hydrogens (tertiary/aromatic N) is 4. The monoisotopic (exact) mass is 478 g/mol. The molecular formula is C24H26N6O3S. The van der Waals surface area contributed by atoms with Crippen LogP contribution in [0.4, 0.5) is 23.0 Å². The fourth-order valence-corrected chi connectivity index (χ4v) is 4.48. The maximum atomic E-state index is 12.1. The summed E-state index contributed by atoms with van der Waals surface area (Å²) in [5.74, 6) is 1.04. The van der Waals surface area contributed by atoms with E-state index in [9.17, 15) is 8.42 Å². The van der Waals surface area contributed by atoms with E-state index in [0.717, 1.165) is 54.8 Å². The highest BCUT2D eigenvalue weighted by Crippen LogP contribution is 2.33. The van der Waals surface area contributed by atoms with Crippen molar-refractivity contribution in [3.8, 4) is 11.3 Å². The van der Waals surface area contributed by atoms with Crippen LogP contribution in [0.15, 0.2) is 60.9 Å². The lowest BCUT2D eigenvalue weighted by molar-refractivity contribution is 0.122. The van der Waals surface area contributed by atoms with Crippen molar-refractivity contribution in [3.05, 3.63) is 60.9 Å². The summed E-state index contributed by atoms with van der Waals surface area (Å²) >= 11 is 0. The number of benzene rings is 1. The van der Waals surface area contributed by atoms with E-state index in [2.05, 4.69) is 37.3 Å². The molecule has 3 aromatic heterocycles. The second kappa shape index (κ2) is 8.96. The minimum absolute atomic E-state index is 0.359. The number of sulfonamides is 1. The van der Waals surface area contributed by atoms with Gasteiger partial charge in [-0.3, -0.25) is 4.31 Å². The Bertz CT molecular complexity index is 1410. The summed E-state index contributed by atoms with van der Waals surface area (Å²) in [5, 5.41) is 4.35. The van der Waals surface area contributed by atoms with E-state index in [1.807, 2.05) is 30.3 Å². The van der Waals surface area contributed by atoms with Crippen LogP contribution in [0.3, 0.4) is 0 Å². The normalized spacial score (nSPS) is 14.4. The number of pyridine rings is 2. The van der Waals surface area contributed by atoms with E-state index in [1.54, 1.807) is 18.5 Å². The van der Waals surface area contributed by atoms with Crippen molar-refractivity contribution in [1.29, 1.82) is 0 Å². The number of anilines is 4. The topological polar surface area (TPSA) is 103 Å². The maximum absolute atomic E-state index is 12.1. The van der Waals surface area contributed by atoms with Gasteiger partial charge in [-0.1, -0.05) is 0 Å². The van der Waals surface area contributed by atoms with Gasteiger partial charge in [0.05, 0.1) is 30.7 Å². The van der Waals surface area contributed by atoms with Gasteiger partial charge in [-0.05, 0) is 48.5 Å². The maximum Gasteiger partial charge on any atom is 0.233 e. The van der Waals surface area contributed by atoms with E-state index in [4.69, 9.17) is 4.74 Å². The minimum atomic E-state index is -3.46. The van der Waals surface area contributed by atoms with Crippen LogP contribution >= 0.6 is 0 Å². The molecule has 0 radical (unpaired) electrons. The first kappa shape index (κ1) is 22.2. The first-order valence-corrected chi connectivity index (χ1v) is 12.8. The van der Waals surface area contributed by atoms with Crippen molar-refractivity contribution in [2.45, 2.75) is 0 Å². The number of hydrogen-bond donors (Lipinski definition) is 2. The summed E-state index contributed by atoms with van der Waals surface area (Å²) in [6.07, 6.45) is 4.49. The van der Waals surface area contributed by atoms with Crippen LogP contribution in [-0.4, -0.2) is 63.0 Å². The number of morpholine rings is 1. The van der Waals surface area contributed by atoms with E-state index >= 15 is 0 Å². The molecule has 0 atom stereocenters. The first-order chi connectivity index (χ1) is 16.4. The number of rotatable bonds is 6. The van der Waals surface area contributed by atoms with E-state index in [1.165, 1.54) is 17.0 Å². The van der Waals surface area contributed by atoms with E-state index in [-0.39, 0.29) is 0 Å². The number of ether oxygens (including phenoxy) is 1. The molecule has 4 heterocycles. The van der Waals surface area contributed by atoms with Gasteiger partial charge >= 0.3 is 0 Å². The number of nitrogens with one attached hydrogen (secondary N) is 2. The van der Waals surface area contributed by atoms with Crippen molar-refractivity contribution >= 4 is 43.9 Å². The van der Waals surface area contributed by atoms with Crippen LogP contribution in [0.2, 0.25) is 0 Å². The van der Waals surface area contributed by atoms with Crippen LogP contribution < -0.4 is 14.5 Å². The molecule has 0 spiro atoms. The van der Waals surface area contributed by atoms with Gasteiger partial charge in [0.15, 0.2) is 11.6 Å². The Hall–Kier alpha value is -3.63. The Morgan fingerprint density at radius 2 is 1.82 bits per heavy atom. The molecule has 5 rings (SSSR count). The molecule has 1 saturated heterocycles. The molecule has 34 heavy (non-hydrogen) atoms. The molecule has 0 unspecified atom stereocenters. The van der Waals surface area contributed by atoms with Gasteiger partial charge in [0.2, 0.25) is 10.0 Å². The molecule has 1 aliphatic rings. The lowest BCUT2D eigenvalue weighted by Gasteiger charge is -2.28. The van der Waals surface area contributed by atoms with Crippen molar-refractivity contribution in [2.24, 2.45) is 0 Å². The highest BCUT2D eigenvalue weighted by atomic mass is 32.2. The van der Waals surface area contributed by atoms with Gasteiger partial charge < -0.3 is 19.9 Å². The first-order valence-electron chi connectivity index (χ1n) is 11.0. The average molecular weight is 479 g/mol. The number of fused-ring (bicyclic) bond motifs is 1. The van der Waals surface area contributed by atoms with Gasteiger partial charge in [-0.15, -0.1) is 0 Å². The Balaban J connectivity index is 1.45. The highest BCUT2D eigenvalue weighted by Gasteiger charge is 2.19. The lowest BCUT2D eigenvalue weighted by atomic mass is 10.2. The van der Waals surface area contributed by atoms with Crippen LogP contribution in [0, 0.1) is 0 Å². The summed E-state index contributed by atoms with van der Waals surface area (Å²) in [7, 11) is -1.96. The summed E-state index contributed by atoms with van der Waals surface area (Å²) in [6, 6.07) is 15.8. The number of aromatic nitrogens is 3. The van der Waals surface area contributed by atoms with Gasteiger partial charge in [0.1, 0.15) is 0 Å². The molecule has 0 aliphatic carbocycles. The number of H-pyrrole nitrogens is 1. The Morgan fingerprint density at radius 3 is 2.56 bits per heavy atom. The summed E-state index contributed by atoms with van der Waals surface area (Å²) in [5.41, 5.74) is 4.36. The molecule has 0 amide bonds. The predicted octanol–water partition coefficient (Wildman–Crippen LogP) is 3.60. The third-order valence-electron chi connectivity index (χ3n) is 5.92. The van der Waals surface area contributed by atoms with E-state index in [0.29, 0.717) is 17.2 Å². The van der Waals surface area contributed by atoms with Gasteiger partial charge in [0.25, 0.3) is 0 Å². The van der Waals surface area contributed by atoms with Crippen molar-refractivity contribution in [2.75, 3.05) is 54.1 Å². The summed E-state index contributed by atoms with van der Waals surface area (Å²) < 4.78 is 30.8. The minimum Gasteiger partial charge on any atom is -0.378 e. The standard InChI is InChI=1S/C24H26N6O3S/c1-29(34(2,31)32)24-20(4-3-10-26-24)21-16-17-9-11-25-23(22(17)28-21)27-18-5-7-19(8-6-18)30-12-14-33-15-13-30/h3-11,16,28H,12-15H2,1-2H3,(H,25,27). The third kappa shape index (κ3) is 4.42. The van der Waals surface area contributed by atoms with Crippen LogP contribution in [0.5, 0.6) is 0 Å². The van der Waals surface area contributed by atoms with Gasteiger partial charge in [-0.25, -0.2) is 18.4 Å². The molecule has 0 bridgehead atoms. The molecule has 0 saturated carbocycles. The molecule has 1 aromatic carbocycles. The summed E-state index contributed by atoms with van der Waals surface area (Å²) in [6.45, 7) is 3.28. The quantitative estimate of drug-likeness (QED) is 0.436. The fourth-order valence-electron chi connectivity index (χ4n) is 4.02. The Kier molecular flexibility index (Phi) is 5.84. The van der Waals surface area contributed by atoms with Crippen LogP contribution in [0.1, 0.15) is 0 Å². The third-order valence-corrected chi connectivity index (χ3v) is 7.09. The largest absolute Gasteiger partial charge is 0.378 e. The van der Waals surface area contributed by atoms with Crippen molar-refractivity contribution in [3.63, 3.8) is 0 Å².